The van der Waals surface area contributed by atoms with Gasteiger partial charge in [-0.15, -0.1) is 6.42 Å². The molecule has 1 amide bonds. The second-order valence-corrected chi connectivity index (χ2v) is 7.91. The van der Waals surface area contributed by atoms with Gasteiger partial charge in [0.1, 0.15) is 11.9 Å². The van der Waals surface area contributed by atoms with Gasteiger partial charge in [-0.05, 0) is 68.3 Å². The molecule has 1 heterocycles. The molecule has 2 aromatic carbocycles. The molecule has 34 heavy (non-hydrogen) atoms. The number of benzene rings is 2. The third kappa shape index (κ3) is 5.99. The summed E-state index contributed by atoms with van der Waals surface area (Å²) >= 11 is 0. The molecule has 0 aliphatic rings. The maximum Gasteiger partial charge on any atom is 0.326 e. The van der Waals surface area contributed by atoms with E-state index in [-0.39, 0.29) is 12.0 Å². The van der Waals surface area contributed by atoms with Crippen LogP contribution in [0.3, 0.4) is 0 Å². The molecule has 0 fully saturated rings. The number of aliphatic carboxylic acids is 1. The molecule has 0 saturated carbocycles. The van der Waals surface area contributed by atoms with Gasteiger partial charge >= 0.3 is 5.97 Å². The number of aromatic amines is 1. The Kier molecular flexibility index (Phi) is 8.01. The van der Waals surface area contributed by atoms with E-state index >= 15 is 0 Å². The summed E-state index contributed by atoms with van der Waals surface area (Å²) in [5, 5.41) is 12.3. The molecule has 3 aromatic rings. The minimum absolute atomic E-state index is 0.200. The van der Waals surface area contributed by atoms with E-state index in [1.807, 2.05) is 11.0 Å². The highest BCUT2D eigenvalue weighted by Crippen LogP contribution is 2.20. The number of carbonyl (C=O) groups is 2. The zero-order chi connectivity index (χ0) is 24.7. The van der Waals surface area contributed by atoms with Crippen LogP contribution in [-0.2, 0) is 11.3 Å². The highest BCUT2D eigenvalue weighted by atomic mass is 16.4. The number of hydrogen-bond donors (Lipinski definition) is 4. The number of H-pyrrole nitrogens is 1. The van der Waals surface area contributed by atoms with Crippen LogP contribution in [0.2, 0.25) is 0 Å². The van der Waals surface area contributed by atoms with E-state index in [0.717, 1.165) is 11.3 Å². The first-order chi connectivity index (χ1) is 16.3. The van der Waals surface area contributed by atoms with Crippen LogP contribution in [0.25, 0.3) is 10.9 Å². The fraction of sp³-hybridized carbons (Fsp3) is 0.280. The summed E-state index contributed by atoms with van der Waals surface area (Å²) in [5.41, 5.74) is 7.86. The number of nitrogens with zero attached hydrogens (tertiary/aromatic N) is 2. The van der Waals surface area contributed by atoms with Gasteiger partial charge < -0.3 is 26.0 Å². The molecular weight excluding hydrogens is 434 g/mol. The first-order valence-corrected chi connectivity index (χ1v) is 10.8. The summed E-state index contributed by atoms with van der Waals surface area (Å²) in [7, 11) is 0. The molecular formula is C25H27N5O4. The summed E-state index contributed by atoms with van der Waals surface area (Å²) in [6, 6.07) is 11.2. The number of amides is 1. The minimum Gasteiger partial charge on any atom is -0.480 e. The number of terminal acetylenes is 1. The number of carbonyl (C=O) groups excluding carboxylic acids is 1. The Morgan fingerprint density at radius 2 is 2.00 bits per heavy atom. The van der Waals surface area contributed by atoms with Crippen LogP contribution in [0.4, 0.5) is 5.69 Å². The second-order valence-electron chi connectivity index (χ2n) is 7.91. The number of carboxylic acid groups (broad SMARTS) is 1. The lowest BCUT2D eigenvalue weighted by Gasteiger charge is -2.23. The molecule has 176 valence electrons. The second kappa shape index (κ2) is 11.1. The number of fused-ring (bicyclic) bond motifs is 1. The molecule has 0 unspecified atom stereocenters. The summed E-state index contributed by atoms with van der Waals surface area (Å²) in [6.45, 7) is 2.84. The molecule has 5 N–H and O–H groups in total. The van der Waals surface area contributed by atoms with E-state index in [2.05, 4.69) is 21.2 Å². The fourth-order valence-electron chi connectivity index (χ4n) is 3.61. The van der Waals surface area contributed by atoms with Crippen molar-refractivity contribution >= 4 is 28.5 Å². The SMILES string of the molecule is C#CCN(Cc1ccc2nc(C)[nH]c(=O)c2c1)c1ccc(C(=O)N[C@@H](CCCN)C(=O)O)cc1. The van der Waals surface area contributed by atoms with Crippen molar-refractivity contribution in [1.29, 1.82) is 0 Å². The first-order valence-electron chi connectivity index (χ1n) is 10.8. The van der Waals surface area contributed by atoms with Gasteiger partial charge in [-0.3, -0.25) is 9.59 Å². The molecule has 0 aliphatic carbocycles. The number of carboxylic acids is 1. The zero-order valence-corrected chi connectivity index (χ0v) is 18.9. The fourth-order valence-corrected chi connectivity index (χ4v) is 3.61. The maximum absolute atomic E-state index is 12.5. The number of aromatic nitrogens is 2. The molecule has 0 saturated heterocycles. The van der Waals surface area contributed by atoms with Gasteiger partial charge in [0.25, 0.3) is 11.5 Å². The summed E-state index contributed by atoms with van der Waals surface area (Å²) in [6.07, 6.45) is 6.32. The zero-order valence-electron chi connectivity index (χ0n) is 18.9. The third-order valence-electron chi connectivity index (χ3n) is 5.34. The Balaban J connectivity index is 1.77. The van der Waals surface area contributed by atoms with E-state index in [1.165, 1.54) is 0 Å². The van der Waals surface area contributed by atoms with E-state index in [9.17, 15) is 19.5 Å². The Morgan fingerprint density at radius 3 is 2.65 bits per heavy atom. The van der Waals surface area contributed by atoms with Crippen molar-refractivity contribution in [3.05, 3.63) is 69.8 Å². The smallest absolute Gasteiger partial charge is 0.326 e. The number of nitrogens with two attached hydrogens (primary N) is 1. The largest absolute Gasteiger partial charge is 0.480 e. The lowest BCUT2D eigenvalue weighted by atomic mass is 10.1. The molecule has 0 spiro atoms. The normalized spacial score (nSPS) is 11.6. The number of rotatable bonds is 10. The monoisotopic (exact) mass is 461 g/mol. The van der Waals surface area contributed by atoms with Crippen LogP contribution in [0.15, 0.2) is 47.3 Å². The van der Waals surface area contributed by atoms with E-state index in [4.69, 9.17) is 12.2 Å². The highest BCUT2D eigenvalue weighted by molar-refractivity contribution is 5.96. The standard InChI is InChI=1S/C25H27N5O4/c1-3-13-30(15-17-6-11-21-20(14-17)24(32)28-16(2)27-21)19-9-7-18(8-10-19)23(31)29-22(25(33)34)5-4-12-26/h1,6-11,14,22H,4-5,12-13,15,26H2,2H3,(H,29,31)(H,33,34)(H,27,28,32)/t22-/m0/s1. The van der Waals surface area contributed by atoms with Crippen LogP contribution in [0, 0.1) is 19.3 Å². The lowest BCUT2D eigenvalue weighted by Crippen LogP contribution is -2.41. The minimum atomic E-state index is -1.10. The van der Waals surface area contributed by atoms with E-state index in [0.29, 0.717) is 48.3 Å². The molecule has 1 atom stereocenters. The Bertz CT molecular complexity index is 1280. The number of nitrogens with one attached hydrogen (secondary N) is 2. The molecule has 3 rings (SSSR count). The predicted molar refractivity (Wildman–Crippen MR) is 131 cm³/mol. The van der Waals surface area contributed by atoms with Gasteiger partial charge in [0, 0.05) is 17.8 Å². The topological polar surface area (TPSA) is 141 Å². The summed E-state index contributed by atoms with van der Waals surface area (Å²) in [5.74, 6) is 1.61. The van der Waals surface area contributed by atoms with Crippen molar-refractivity contribution in [2.75, 3.05) is 18.0 Å². The average molecular weight is 462 g/mol. The molecule has 0 bridgehead atoms. The van der Waals surface area contributed by atoms with Gasteiger partial charge in [0.15, 0.2) is 0 Å². The van der Waals surface area contributed by atoms with Crippen LogP contribution < -0.4 is 21.5 Å². The van der Waals surface area contributed by atoms with Crippen molar-refractivity contribution in [2.45, 2.75) is 32.4 Å². The maximum atomic E-state index is 12.5. The lowest BCUT2D eigenvalue weighted by molar-refractivity contribution is -0.139. The number of hydrogen-bond acceptors (Lipinski definition) is 6. The summed E-state index contributed by atoms with van der Waals surface area (Å²) in [4.78, 5) is 45.2. The van der Waals surface area contributed by atoms with Gasteiger partial charge in [-0.1, -0.05) is 12.0 Å². The van der Waals surface area contributed by atoms with Crippen molar-refractivity contribution in [1.82, 2.24) is 15.3 Å². The van der Waals surface area contributed by atoms with Crippen LogP contribution in [-0.4, -0.2) is 46.1 Å². The quantitative estimate of drug-likeness (QED) is 0.337. The van der Waals surface area contributed by atoms with Gasteiger partial charge in [-0.2, -0.15) is 0 Å². The molecule has 0 radical (unpaired) electrons. The van der Waals surface area contributed by atoms with Gasteiger partial charge in [0.2, 0.25) is 0 Å². The van der Waals surface area contributed by atoms with E-state index in [1.54, 1.807) is 43.3 Å². The Hall–Kier alpha value is -4.16. The van der Waals surface area contributed by atoms with Crippen molar-refractivity contribution in [3.63, 3.8) is 0 Å². The van der Waals surface area contributed by atoms with Crippen LogP contribution >= 0.6 is 0 Å². The number of aryl methyl sites for hydroxylation is 1. The molecule has 1 aromatic heterocycles. The van der Waals surface area contributed by atoms with Crippen molar-refractivity contribution < 1.29 is 14.7 Å². The van der Waals surface area contributed by atoms with Crippen LogP contribution in [0.1, 0.15) is 34.6 Å². The van der Waals surface area contributed by atoms with Crippen molar-refractivity contribution in [3.8, 4) is 12.3 Å². The Labute approximate surface area is 197 Å². The average Bonchev–Trinajstić information content (AvgIpc) is 2.81. The van der Waals surface area contributed by atoms with Gasteiger partial charge in [0.05, 0.1) is 17.4 Å². The third-order valence-corrected chi connectivity index (χ3v) is 5.34. The number of anilines is 1. The molecule has 0 aliphatic heterocycles. The predicted octanol–water partition coefficient (Wildman–Crippen LogP) is 1.79. The molecule has 9 nitrogen and oxygen atoms in total. The Morgan fingerprint density at radius 1 is 1.26 bits per heavy atom. The highest BCUT2D eigenvalue weighted by Gasteiger charge is 2.20. The van der Waals surface area contributed by atoms with E-state index < -0.39 is 17.9 Å². The van der Waals surface area contributed by atoms with Crippen molar-refractivity contribution in [2.24, 2.45) is 5.73 Å². The first kappa shape index (κ1) is 24.5. The molecule has 9 heteroatoms. The van der Waals surface area contributed by atoms with Gasteiger partial charge in [-0.25, -0.2) is 9.78 Å². The summed E-state index contributed by atoms with van der Waals surface area (Å²) < 4.78 is 0. The van der Waals surface area contributed by atoms with Crippen LogP contribution in [0.5, 0.6) is 0 Å².